The number of ether oxygens (including phenoxy) is 2. The average Bonchev–Trinajstić information content (AvgIpc) is 2.55. The minimum Gasteiger partial charge on any atom is -0.494 e. The maximum Gasteiger partial charge on any atom is 0.275 e. The van der Waals surface area contributed by atoms with E-state index < -0.39 is 0 Å². The predicted molar refractivity (Wildman–Crippen MR) is 90.1 cm³/mol. The summed E-state index contributed by atoms with van der Waals surface area (Å²) >= 11 is 0. The first-order chi connectivity index (χ1) is 11.2. The Morgan fingerprint density at radius 2 is 1.91 bits per heavy atom. The van der Waals surface area contributed by atoms with Gasteiger partial charge in [-0.15, -0.1) is 0 Å². The third-order valence-corrected chi connectivity index (χ3v) is 4.30. The number of rotatable bonds is 8. The van der Waals surface area contributed by atoms with Crippen molar-refractivity contribution in [2.45, 2.75) is 39.2 Å². The third-order valence-electron chi connectivity index (χ3n) is 4.30. The monoisotopic (exact) mass is 321 g/mol. The summed E-state index contributed by atoms with van der Waals surface area (Å²) in [6.45, 7) is 7.54. The van der Waals surface area contributed by atoms with Gasteiger partial charge in [0.15, 0.2) is 6.54 Å². The highest BCUT2D eigenvalue weighted by atomic mass is 16.5. The Bertz CT molecular complexity index is 476. The van der Waals surface area contributed by atoms with Gasteiger partial charge >= 0.3 is 0 Å². The lowest BCUT2D eigenvalue weighted by atomic mass is 10.0. The SMILES string of the molecule is CCOc1ccc(OCCNC(=O)C[NH+]2CCCC[C@H]2C)cc1. The van der Waals surface area contributed by atoms with Gasteiger partial charge in [-0.05, 0) is 57.4 Å². The summed E-state index contributed by atoms with van der Waals surface area (Å²) in [4.78, 5) is 13.4. The van der Waals surface area contributed by atoms with E-state index in [2.05, 4.69) is 12.2 Å². The first-order valence-electron chi connectivity index (χ1n) is 8.66. The maximum absolute atomic E-state index is 12.0. The van der Waals surface area contributed by atoms with E-state index in [-0.39, 0.29) is 5.91 Å². The number of quaternary nitrogens is 1. The summed E-state index contributed by atoms with van der Waals surface area (Å²) in [6.07, 6.45) is 3.75. The van der Waals surface area contributed by atoms with Crippen LogP contribution in [-0.4, -0.2) is 44.8 Å². The predicted octanol–water partition coefficient (Wildman–Crippen LogP) is 1.04. The van der Waals surface area contributed by atoms with Gasteiger partial charge in [-0.3, -0.25) is 4.79 Å². The summed E-state index contributed by atoms with van der Waals surface area (Å²) in [6, 6.07) is 8.13. The molecule has 128 valence electrons. The van der Waals surface area contributed by atoms with Gasteiger partial charge in [-0.25, -0.2) is 0 Å². The molecular weight excluding hydrogens is 292 g/mol. The highest BCUT2D eigenvalue weighted by molar-refractivity contribution is 5.76. The van der Waals surface area contributed by atoms with Crippen molar-refractivity contribution in [2.24, 2.45) is 0 Å². The van der Waals surface area contributed by atoms with Gasteiger partial charge in [0.2, 0.25) is 0 Å². The number of carbonyl (C=O) groups excluding carboxylic acids is 1. The molecule has 2 rings (SSSR count). The Balaban J connectivity index is 1.61. The second-order valence-corrected chi connectivity index (χ2v) is 6.08. The van der Waals surface area contributed by atoms with Crippen LogP contribution in [0.3, 0.4) is 0 Å². The van der Waals surface area contributed by atoms with Gasteiger partial charge in [0.25, 0.3) is 5.91 Å². The van der Waals surface area contributed by atoms with Crippen molar-refractivity contribution in [1.82, 2.24) is 5.32 Å². The van der Waals surface area contributed by atoms with Crippen molar-refractivity contribution in [2.75, 3.05) is 32.8 Å². The van der Waals surface area contributed by atoms with Gasteiger partial charge < -0.3 is 19.7 Å². The minimum atomic E-state index is 0.115. The molecule has 1 aromatic carbocycles. The lowest BCUT2D eigenvalue weighted by Gasteiger charge is -2.29. The molecule has 0 bridgehead atoms. The molecule has 1 heterocycles. The molecule has 1 aromatic rings. The molecule has 0 spiro atoms. The van der Waals surface area contributed by atoms with Crippen LogP contribution >= 0.6 is 0 Å². The van der Waals surface area contributed by atoms with Crippen LogP contribution in [0.5, 0.6) is 11.5 Å². The normalized spacial score (nSPS) is 20.8. The van der Waals surface area contributed by atoms with E-state index in [4.69, 9.17) is 9.47 Å². The summed E-state index contributed by atoms with van der Waals surface area (Å²) in [5.41, 5.74) is 0. The van der Waals surface area contributed by atoms with Gasteiger partial charge in [-0.2, -0.15) is 0 Å². The summed E-state index contributed by atoms with van der Waals surface area (Å²) in [7, 11) is 0. The van der Waals surface area contributed by atoms with Crippen LogP contribution in [0.1, 0.15) is 33.1 Å². The molecule has 0 radical (unpaired) electrons. The van der Waals surface area contributed by atoms with E-state index in [1.807, 2.05) is 31.2 Å². The van der Waals surface area contributed by atoms with Gasteiger partial charge in [-0.1, -0.05) is 0 Å². The standard InChI is InChI=1S/C18H28N2O3/c1-3-22-16-7-9-17(10-8-16)23-13-11-19-18(21)14-20-12-5-4-6-15(20)2/h7-10,15H,3-6,11-14H2,1-2H3,(H,19,21)/p+1/t15-/m1/s1. The minimum absolute atomic E-state index is 0.115. The Kier molecular flexibility index (Phi) is 7.20. The van der Waals surface area contributed by atoms with E-state index in [1.165, 1.54) is 24.2 Å². The van der Waals surface area contributed by atoms with Gasteiger partial charge in [0, 0.05) is 0 Å². The first-order valence-corrected chi connectivity index (χ1v) is 8.66. The van der Waals surface area contributed by atoms with Gasteiger partial charge in [0.1, 0.15) is 18.1 Å². The highest BCUT2D eigenvalue weighted by Gasteiger charge is 2.23. The largest absolute Gasteiger partial charge is 0.494 e. The van der Waals surface area contributed by atoms with Gasteiger partial charge in [0.05, 0.1) is 25.7 Å². The number of hydrogen-bond acceptors (Lipinski definition) is 3. The van der Waals surface area contributed by atoms with Crippen LogP contribution in [0.15, 0.2) is 24.3 Å². The lowest BCUT2D eigenvalue weighted by molar-refractivity contribution is -0.921. The number of benzene rings is 1. The Hall–Kier alpha value is -1.75. The average molecular weight is 321 g/mol. The van der Waals surface area contributed by atoms with Crippen LogP contribution in [0.2, 0.25) is 0 Å². The molecular formula is C18H29N2O3+. The van der Waals surface area contributed by atoms with E-state index in [0.717, 1.165) is 18.0 Å². The molecule has 0 saturated carbocycles. The van der Waals surface area contributed by atoms with Crippen molar-refractivity contribution in [3.05, 3.63) is 24.3 Å². The zero-order valence-electron chi connectivity index (χ0n) is 14.3. The zero-order valence-corrected chi connectivity index (χ0v) is 14.3. The second-order valence-electron chi connectivity index (χ2n) is 6.08. The molecule has 1 amide bonds. The number of nitrogens with one attached hydrogen (secondary N) is 2. The smallest absolute Gasteiger partial charge is 0.275 e. The van der Waals surface area contributed by atoms with E-state index in [1.54, 1.807) is 0 Å². The van der Waals surface area contributed by atoms with E-state index in [9.17, 15) is 4.79 Å². The van der Waals surface area contributed by atoms with Crippen LogP contribution in [-0.2, 0) is 4.79 Å². The fraction of sp³-hybridized carbons (Fsp3) is 0.611. The molecule has 5 nitrogen and oxygen atoms in total. The maximum atomic E-state index is 12.0. The first kappa shape index (κ1) is 17.6. The summed E-state index contributed by atoms with van der Waals surface area (Å²) in [5, 5.41) is 2.94. The molecule has 5 heteroatoms. The second kappa shape index (κ2) is 9.40. The van der Waals surface area contributed by atoms with Crippen LogP contribution < -0.4 is 19.7 Å². The van der Waals surface area contributed by atoms with Crippen molar-refractivity contribution >= 4 is 5.91 Å². The zero-order chi connectivity index (χ0) is 16.5. The van der Waals surface area contributed by atoms with Crippen molar-refractivity contribution in [3.63, 3.8) is 0 Å². The molecule has 1 aliphatic heterocycles. The molecule has 2 N–H and O–H groups in total. The number of likely N-dealkylation sites (tertiary alicyclic amines) is 1. The molecule has 1 aliphatic rings. The fourth-order valence-electron chi connectivity index (χ4n) is 2.94. The number of piperidine rings is 1. The van der Waals surface area contributed by atoms with E-state index >= 15 is 0 Å². The third kappa shape index (κ3) is 6.10. The summed E-state index contributed by atoms with van der Waals surface area (Å²) in [5.74, 6) is 1.74. The molecule has 1 unspecified atom stereocenters. The molecule has 2 atom stereocenters. The van der Waals surface area contributed by atoms with Crippen molar-refractivity contribution in [3.8, 4) is 11.5 Å². The molecule has 0 aromatic heterocycles. The van der Waals surface area contributed by atoms with Crippen LogP contribution in [0, 0.1) is 0 Å². The van der Waals surface area contributed by atoms with Crippen molar-refractivity contribution in [1.29, 1.82) is 0 Å². The van der Waals surface area contributed by atoms with Crippen LogP contribution in [0.25, 0.3) is 0 Å². The summed E-state index contributed by atoms with van der Waals surface area (Å²) < 4.78 is 11.0. The topological polar surface area (TPSA) is 52.0 Å². The fourth-order valence-corrected chi connectivity index (χ4v) is 2.94. The van der Waals surface area contributed by atoms with E-state index in [0.29, 0.717) is 32.3 Å². The Morgan fingerprint density at radius 3 is 2.57 bits per heavy atom. The van der Waals surface area contributed by atoms with Crippen molar-refractivity contribution < 1.29 is 19.2 Å². The number of carbonyl (C=O) groups is 1. The molecule has 0 aliphatic carbocycles. The number of amides is 1. The Morgan fingerprint density at radius 1 is 1.22 bits per heavy atom. The molecule has 23 heavy (non-hydrogen) atoms. The number of hydrogen-bond donors (Lipinski definition) is 2. The highest BCUT2D eigenvalue weighted by Crippen LogP contribution is 2.17. The van der Waals surface area contributed by atoms with Crippen LogP contribution in [0.4, 0.5) is 0 Å². The quantitative estimate of drug-likeness (QED) is 0.704. The molecule has 1 fully saturated rings. The lowest BCUT2D eigenvalue weighted by Crippen LogP contribution is -3.17. The molecule has 1 saturated heterocycles. The Labute approximate surface area is 139 Å².